The largest absolute Gasteiger partial charge is 0.378 e. The minimum atomic E-state index is -2.84. The molecule has 0 bridgehead atoms. The van der Waals surface area contributed by atoms with E-state index in [0.29, 0.717) is 24.7 Å². The van der Waals surface area contributed by atoms with Gasteiger partial charge in [0.05, 0.1) is 24.7 Å². The Morgan fingerprint density at radius 3 is 2.62 bits per heavy atom. The Balaban J connectivity index is 1.83. The van der Waals surface area contributed by atoms with Crippen LogP contribution < -0.4 is 5.32 Å². The summed E-state index contributed by atoms with van der Waals surface area (Å²) in [7, 11) is -2.84. The SMILES string of the molecule is O=S1(=O)CC[C@H](NC(=S)N2CCOCC2)C1. The average Bonchev–Trinajstić information content (AvgIpc) is 2.59. The van der Waals surface area contributed by atoms with Crippen molar-refractivity contribution in [3.8, 4) is 0 Å². The summed E-state index contributed by atoms with van der Waals surface area (Å²) in [4.78, 5) is 2.03. The highest BCUT2D eigenvalue weighted by Gasteiger charge is 2.29. The molecule has 1 N–H and O–H groups in total. The van der Waals surface area contributed by atoms with Crippen molar-refractivity contribution in [2.24, 2.45) is 0 Å². The molecule has 7 heteroatoms. The van der Waals surface area contributed by atoms with Crippen LogP contribution in [0.5, 0.6) is 0 Å². The van der Waals surface area contributed by atoms with Crippen LogP contribution in [0.2, 0.25) is 0 Å². The molecular weight excluding hydrogens is 248 g/mol. The van der Waals surface area contributed by atoms with E-state index in [9.17, 15) is 8.42 Å². The second-order valence-electron chi connectivity index (χ2n) is 4.15. The van der Waals surface area contributed by atoms with E-state index in [2.05, 4.69) is 5.32 Å². The number of morpholine rings is 1. The van der Waals surface area contributed by atoms with Gasteiger partial charge in [-0.15, -0.1) is 0 Å². The molecule has 16 heavy (non-hydrogen) atoms. The van der Waals surface area contributed by atoms with E-state index in [1.165, 1.54) is 0 Å². The fourth-order valence-electron chi connectivity index (χ4n) is 1.94. The number of nitrogens with one attached hydrogen (secondary N) is 1. The van der Waals surface area contributed by atoms with Crippen LogP contribution in [0, 0.1) is 0 Å². The molecule has 0 aromatic carbocycles. The molecule has 0 aromatic heterocycles. The maximum atomic E-state index is 11.3. The molecular formula is C9H16N2O3S2. The molecule has 2 aliphatic rings. The molecule has 0 aliphatic carbocycles. The van der Waals surface area contributed by atoms with Gasteiger partial charge in [0.1, 0.15) is 0 Å². The average molecular weight is 264 g/mol. The maximum Gasteiger partial charge on any atom is 0.169 e. The zero-order chi connectivity index (χ0) is 11.6. The number of hydrogen-bond acceptors (Lipinski definition) is 4. The number of rotatable bonds is 1. The summed E-state index contributed by atoms with van der Waals surface area (Å²) in [5, 5.41) is 3.78. The molecule has 0 radical (unpaired) electrons. The van der Waals surface area contributed by atoms with E-state index in [1.54, 1.807) is 0 Å². The van der Waals surface area contributed by atoms with Crippen molar-refractivity contribution < 1.29 is 13.2 Å². The molecule has 2 saturated heterocycles. The van der Waals surface area contributed by atoms with Crippen LogP contribution in [0.25, 0.3) is 0 Å². The van der Waals surface area contributed by atoms with Crippen molar-refractivity contribution in [1.29, 1.82) is 0 Å². The summed E-state index contributed by atoms with van der Waals surface area (Å²) < 4.78 is 27.8. The highest BCUT2D eigenvalue weighted by atomic mass is 32.2. The van der Waals surface area contributed by atoms with Crippen molar-refractivity contribution in [3.63, 3.8) is 0 Å². The second kappa shape index (κ2) is 4.85. The zero-order valence-corrected chi connectivity index (χ0v) is 10.6. The summed E-state index contributed by atoms with van der Waals surface area (Å²) >= 11 is 5.25. The van der Waals surface area contributed by atoms with Crippen molar-refractivity contribution in [2.75, 3.05) is 37.8 Å². The lowest BCUT2D eigenvalue weighted by molar-refractivity contribution is 0.0675. The fraction of sp³-hybridized carbons (Fsp3) is 0.889. The Kier molecular flexibility index (Phi) is 3.66. The van der Waals surface area contributed by atoms with Crippen LogP contribution in [0.4, 0.5) is 0 Å². The van der Waals surface area contributed by atoms with Crippen LogP contribution in [0.1, 0.15) is 6.42 Å². The molecule has 5 nitrogen and oxygen atoms in total. The standard InChI is InChI=1S/C9H16N2O3S2/c12-16(13)6-1-8(7-16)10-9(15)11-2-4-14-5-3-11/h8H,1-7H2,(H,10,15)/t8-/m0/s1. The van der Waals surface area contributed by atoms with E-state index in [-0.39, 0.29) is 17.5 Å². The molecule has 92 valence electrons. The molecule has 2 aliphatic heterocycles. The number of ether oxygens (including phenoxy) is 1. The van der Waals surface area contributed by atoms with Crippen molar-refractivity contribution >= 4 is 27.2 Å². The van der Waals surface area contributed by atoms with Gasteiger partial charge in [0, 0.05) is 19.1 Å². The number of hydrogen-bond donors (Lipinski definition) is 1. The Labute approximate surface area is 101 Å². The van der Waals surface area contributed by atoms with E-state index in [1.807, 2.05) is 4.90 Å². The molecule has 0 amide bonds. The van der Waals surface area contributed by atoms with E-state index in [4.69, 9.17) is 17.0 Å². The van der Waals surface area contributed by atoms with Crippen molar-refractivity contribution in [3.05, 3.63) is 0 Å². The fourth-order valence-corrected chi connectivity index (χ4v) is 3.96. The molecule has 2 rings (SSSR count). The van der Waals surface area contributed by atoms with Gasteiger partial charge >= 0.3 is 0 Å². The normalized spacial score (nSPS) is 29.0. The molecule has 2 fully saturated rings. The second-order valence-corrected chi connectivity index (χ2v) is 6.76. The molecule has 0 spiro atoms. The van der Waals surface area contributed by atoms with Crippen LogP contribution in [0.3, 0.4) is 0 Å². The number of sulfone groups is 1. The van der Waals surface area contributed by atoms with E-state index in [0.717, 1.165) is 13.1 Å². The van der Waals surface area contributed by atoms with Gasteiger partial charge < -0.3 is 15.0 Å². The third-order valence-electron chi connectivity index (χ3n) is 2.86. The first-order valence-corrected chi connectivity index (χ1v) is 7.63. The van der Waals surface area contributed by atoms with Gasteiger partial charge in [-0.3, -0.25) is 0 Å². The molecule has 0 aromatic rings. The summed E-state index contributed by atoms with van der Waals surface area (Å²) in [6, 6.07) is -0.0136. The predicted molar refractivity (Wildman–Crippen MR) is 65.2 cm³/mol. The Hall–Kier alpha value is -0.400. The highest BCUT2D eigenvalue weighted by molar-refractivity contribution is 7.91. The van der Waals surface area contributed by atoms with Crippen LogP contribution in [0.15, 0.2) is 0 Å². The predicted octanol–water partition coefficient (Wildman–Crippen LogP) is -0.620. The third kappa shape index (κ3) is 3.05. The van der Waals surface area contributed by atoms with Crippen LogP contribution in [-0.4, -0.2) is 62.3 Å². The number of nitrogens with zero attached hydrogens (tertiary/aromatic N) is 1. The smallest absolute Gasteiger partial charge is 0.169 e. The monoisotopic (exact) mass is 264 g/mol. The van der Waals surface area contributed by atoms with Gasteiger partial charge in [0.2, 0.25) is 0 Å². The first kappa shape index (κ1) is 12.1. The van der Waals surface area contributed by atoms with Gasteiger partial charge in [-0.05, 0) is 18.6 Å². The Morgan fingerprint density at radius 1 is 1.38 bits per heavy atom. The van der Waals surface area contributed by atoms with Crippen molar-refractivity contribution in [2.45, 2.75) is 12.5 Å². The lowest BCUT2D eigenvalue weighted by Crippen LogP contribution is -2.49. The van der Waals surface area contributed by atoms with E-state index < -0.39 is 9.84 Å². The topological polar surface area (TPSA) is 58.6 Å². The molecule has 1 atom stereocenters. The first-order chi connectivity index (χ1) is 7.57. The number of thiocarbonyl (C=S) groups is 1. The molecule has 0 saturated carbocycles. The van der Waals surface area contributed by atoms with Crippen LogP contribution >= 0.6 is 12.2 Å². The lowest BCUT2D eigenvalue weighted by Gasteiger charge is -2.30. The maximum absolute atomic E-state index is 11.3. The van der Waals surface area contributed by atoms with E-state index >= 15 is 0 Å². The summed E-state index contributed by atoms with van der Waals surface area (Å²) in [5.41, 5.74) is 0. The van der Waals surface area contributed by atoms with Gasteiger partial charge in [-0.1, -0.05) is 0 Å². The highest BCUT2D eigenvalue weighted by Crippen LogP contribution is 2.12. The Bertz CT molecular complexity index is 363. The third-order valence-corrected chi connectivity index (χ3v) is 5.00. The van der Waals surface area contributed by atoms with Gasteiger partial charge in [-0.2, -0.15) is 0 Å². The molecule has 0 unspecified atom stereocenters. The summed E-state index contributed by atoms with van der Waals surface area (Å²) in [6.45, 7) is 2.94. The van der Waals surface area contributed by atoms with Gasteiger partial charge in [-0.25, -0.2) is 8.42 Å². The van der Waals surface area contributed by atoms with Gasteiger partial charge in [0.25, 0.3) is 0 Å². The Morgan fingerprint density at radius 2 is 2.06 bits per heavy atom. The van der Waals surface area contributed by atoms with Crippen molar-refractivity contribution in [1.82, 2.24) is 10.2 Å². The van der Waals surface area contributed by atoms with Gasteiger partial charge in [0.15, 0.2) is 14.9 Å². The minimum Gasteiger partial charge on any atom is -0.378 e. The summed E-state index contributed by atoms with van der Waals surface area (Å²) in [6.07, 6.45) is 0.660. The minimum absolute atomic E-state index is 0.0136. The van der Waals surface area contributed by atoms with Crippen LogP contribution in [-0.2, 0) is 14.6 Å². The summed E-state index contributed by atoms with van der Waals surface area (Å²) in [5.74, 6) is 0.480. The first-order valence-electron chi connectivity index (χ1n) is 5.40. The zero-order valence-electron chi connectivity index (χ0n) is 9.02. The quantitative estimate of drug-likeness (QED) is 0.637. The lowest BCUT2D eigenvalue weighted by atomic mass is 10.3. The molecule has 2 heterocycles.